The first-order chi connectivity index (χ1) is 9.58. The van der Waals surface area contributed by atoms with Crippen molar-refractivity contribution in [1.82, 2.24) is 14.5 Å². The second kappa shape index (κ2) is 4.90. The van der Waals surface area contributed by atoms with Gasteiger partial charge in [0, 0.05) is 13.6 Å². The van der Waals surface area contributed by atoms with Gasteiger partial charge in [-0.15, -0.1) is 0 Å². The van der Waals surface area contributed by atoms with Gasteiger partial charge in [-0.05, 0) is 32.0 Å². The Morgan fingerprint density at radius 3 is 2.85 bits per heavy atom. The molecular formula is C15H19N3O2. The van der Waals surface area contributed by atoms with Crippen molar-refractivity contribution in [1.29, 1.82) is 0 Å². The molecule has 3 rings (SSSR count). The lowest BCUT2D eigenvalue weighted by Gasteiger charge is -2.23. The minimum Gasteiger partial charge on any atom is -0.481 e. The van der Waals surface area contributed by atoms with Gasteiger partial charge >= 0.3 is 5.97 Å². The summed E-state index contributed by atoms with van der Waals surface area (Å²) in [6.07, 6.45) is 0.726. The van der Waals surface area contributed by atoms with Crippen LogP contribution in [0, 0.1) is 5.92 Å². The first-order valence-corrected chi connectivity index (χ1v) is 6.96. The maximum Gasteiger partial charge on any atom is 0.307 e. The summed E-state index contributed by atoms with van der Waals surface area (Å²) in [5.41, 5.74) is 2.11. The number of nitrogens with zero attached hydrogens (tertiary/aromatic N) is 3. The molecule has 2 unspecified atom stereocenters. The van der Waals surface area contributed by atoms with Crippen LogP contribution in [0.3, 0.4) is 0 Å². The van der Waals surface area contributed by atoms with E-state index < -0.39 is 5.97 Å². The van der Waals surface area contributed by atoms with Crippen LogP contribution in [0.5, 0.6) is 0 Å². The normalized spacial score (nSPS) is 21.4. The fourth-order valence-electron chi connectivity index (χ4n) is 3.04. The SMILES string of the molecule is CC(c1nc2ccccc2n1C)N1CCC(C(=O)O)C1. The third kappa shape index (κ3) is 2.08. The van der Waals surface area contributed by atoms with E-state index in [9.17, 15) is 4.79 Å². The molecule has 106 valence electrons. The van der Waals surface area contributed by atoms with E-state index in [1.807, 2.05) is 25.2 Å². The van der Waals surface area contributed by atoms with Gasteiger partial charge in [0.15, 0.2) is 0 Å². The first kappa shape index (κ1) is 13.1. The molecule has 5 heteroatoms. The maximum absolute atomic E-state index is 11.1. The number of likely N-dealkylation sites (tertiary alicyclic amines) is 1. The smallest absolute Gasteiger partial charge is 0.307 e. The summed E-state index contributed by atoms with van der Waals surface area (Å²) in [4.78, 5) is 18.0. The average molecular weight is 273 g/mol. The minimum atomic E-state index is -0.690. The zero-order valence-corrected chi connectivity index (χ0v) is 11.8. The summed E-state index contributed by atoms with van der Waals surface area (Å²) < 4.78 is 2.11. The Morgan fingerprint density at radius 1 is 1.45 bits per heavy atom. The van der Waals surface area contributed by atoms with Crippen LogP contribution in [-0.4, -0.2) is 38.6 Å². The zero-order valence-electron chi connectivity index (χ0n) is 11.8. The van der Waals surface area contributed by atoms with Gasteiger partial charge in [0.1, 0.15) is 5.82 Å². The van der Waals surface area contributed by atoms with E-state index in [0.29, 0.717) is 6.54 Å². The number of aryl methyl sites for hydroxylation is 1. The molecule has 0 saturated carbocycles. The summed E-state index contributed by atoms with van der Waals surface area (Å²) in [5.74, 6) is 0.0640. The second-order valence-corrected chi connectivity index (χ2v) is 5.51. The Bertz CT molecular complexity index is 650. The molecule has 2 aromatic rings. The van der Waals surface area contributed by atoms with Gasteiger partial charge < -0.3 is 9.67 Å². The Hall–Kier alpha value is -1.88. The fourth-order valence-corrected chi connectivity index (χ4v) is 3.04. The lowest BCUT2D eigenvalue weighted by atomic mass is 10.1. The Morgan fingerprint density at radius 2 is 2.20 bits per heavy atom. The summed E-state index contributed by atoms with van der Waals surface area (Å²) in [7, 11) is 2.02. The van der Waals surface area contributed by atoms with Crippen molar-refractivity contribution in [3.63, 3.8) is 0 Å². The number of aromatic nitrogens is 2. The van der Waals surface area contributed by atoms with E-state index in [1.165, 1.54) is 0 Å². The molecule has 5 nitrogen and oxygen atoms in total. The molecule has 1 aromatic heterocycles. The highest BCUT2D eigenvalue weighted by atomic mass is 16.4. The van der Waals surface area contributed by atoms with Crippen LogP contribution in [0.2, 0.25) is 0 Å². The van der Waals surface area contributed by atoms with Gasteiger partial charge in [0.05, 0.1) is 23.0 Å². The van der Waals surface area contributed by atoms with Crippen LogP contribution in [0.1, 0.15) is 25.2 Å². The number of carboxylic acids is 1. The van der Waals surface area contributed by atoms with Crippen molar-refractivity contribution in [2.24, 2.45) is 13.0 Å². The van der Waals surface area contributed by atoms with Gasteiger partial charge in [-0.25, -0.2) is 4.98 Å². The van der Waals surface area contributed by atoms with E-state index in [2.05, 4.69) is 22.5 Å². The van der Waals surface area contributed by atoms with Crippen LogP contribution in [0.25, 0.3) is 11.0 Å². The van der Waals surface area contributed by atoms with Crippen LogP contribution >= 0.6 is 0 Å². The molecule has 2 heterocycles. The van der Waals surface area contributed by atoms with E-state index in [4.69, 9.17) is 10.1 Å². The standard InChI is InChI=1S/C15H19N3O2/c1-10(18-8-7-11(9-18)15(19)20)14-16-12-5-3-4-6-13(12)17(14)2/h3-6,10-11H,7-9H2,1-2H3,(H,19,20). The topological polar surface area (TPSA) is 58.4 Å². The van der Waals surface area contributed by atoms with Crippen molar-refractivity contribution in [2.75, 3.05) is 13.1 Å². The first-order valence-electron chi connectivity index (χ1n) is 6.96. The number of hydrogen-bond donors (Lipinski definition) is 1. The lowest BCUT2D eigenvalue weighted by molar-refractivity contribution is -0.141. The maximum atomic E-state index is 11.1. The molecule has 1 N–H and O–H groups in total. The van der Waals surface area contributed by atoms with E-state index in [1.54, 1.807) is 0 Å². The van der Waals surface area contributed by atoms with E-state index in [-0.39, 0.29) is 12.0 Å². The predicted molar refractivity (Wildman–Crippen MR) is 76.4 cm³/mol. The molecule has 0 aliphatic carbocycles. The molecule has 1 aromatic carbocycles. The van der Waals surface area contributed by atoms with Gasteiger partial charge in [-0.3, -0.25) is 9.69 Å². The highest BCUT2D eigenvalue weighted by Gasteiger charge is 2.32. The van der Waals surface area contributed by atoms with Gasteiger partial charge in [0.25, 0.3) is 0 Å². The molecule has 1 saturated heterocycles. The summed E-state index contributed by atoms with van der Waals surface area (Å²) in [6, 6.07) is 8.20. The van der Waals surface area contributed by atoms with E-state index in [0.717, 1.165) is 29.8 Å². The molecule has 2 atom stereocenters. The Labute approximate surface area is 117 Å². The molecule has 0 amide bonds. The largest absolute Gasteiger partial charge is 0.481 e. The van der Waals surface area contributed by atoms with Crippen molar-refractivity contribution in [3.05, 3.63) is 30.1 Å². The van der Waals surface area contributed by atoms with Crippen LogP contribution in [0.15, 0.2) is 24.3 Å². The van der Waals surface area contributed by atoms with Crippen molar-refractivity contribution >= 4 is 17.0 Å². The molecule has 1 aliphatic rings. The number of hydrogen-bond acceptors (Lipinski definition) is 3. The monoisotopic (exact) mass is 273 g/mol. The van der Waals surface area contributed by atoms with Crippen molar-refractivity contribution in [3.8, 4) is 0 Å². The highest BCUT2D eigenvalue weighted by molar-refractivity contribution is 5.75. The van der Waals surface area contributed by atoms with Crippen LogP contribution < -0.4 is 0 Å². The molecule has 20 heavy (non-hydrogen) atoms. The van der Waals surface area contributed by atoms with Crippen LogP contribution in [-0.2, 0) is 11.8 Å². The number of carboxylic acid groups (broad SMARTS) is 1. The highest BCUT2D eigenvalue weighted by Crippen LogP contribution is 2.28. The molecule has 1 fully saturated rings. The third-order valence-corrected chi connectivity index (χ3v) is 4.31. The quantitative estimate of drug-likeness (QED) is 0.929. The second-order valence-electron chi connectivity index (χ2n) is 5.51. The molecule has 0 radical (unpaired) electrons. The number of aliphatic carboxylic acids is 1. The van der Waals surface area contributed by atoms with E-state index >= 15 is 0 Å². The summed E-state index contributed by atoms with van der Waals surface area (Å²) in [5, 5.41) is 9.10. The van der Waals surface area contributed by atoms with Crippen molar-refractivity contribution < 1.29 is 9.90 Å². The van der Waals surface area contributed by atoms with Crippen molar-refractivity contribution in [2.45, 2.75) is 19.4 Å². The predicted octanol–water partition coefficient (Wildman–Crippen LogP) is 2.04. The Kier molecular flexibility index (Phi) is 3.22. The molecule has 0 spiro atoms. The summed E-state index contributed by atoms with van der Waals surface area (Å²) >= 11 is 0. The number of fused-ring (bicyclic) bond motifs is 1. The molecular weight excluding hydrogens is 254 g/mol. The number of imidazole rings is 1. The number of para-hydroxylation sites is 2. The lowest BCUT2D eigenvalue weighted by Crippen LogP contribution is -2.28. The van der Waals surface area contributed by atoms with Gasteiger partial charge in [-0.2, -0.15) is 0 Å². The Balaban J connectivity index is 1.88. The van der Waals surface area contributed by atoms with Gasteiger partial charge in [0.2, 0.25) is 0 Å². The third-order valence-electron chi connectivity index (χ3n) is 4.31. The summed E-state index contributed by atoms with van der Waals surface area (Å²) in [6.45, 7) is 3.53. The minimum absolute atomic E-state index is 0.136. The van der Waals surface area contributed by atoms with Crippen LogP contribution in [0.4, 0.5) is 0 Å². The fraction of sp³-hybridized carbons (Fsp3) is 0.467. The number of rotatable bonds is 3. The average Bonchev–Trinajstić information content (AvgIpc) is 3.04. The molecule has 1 aliphatic heterocycles. The zero-order chi connectivity index (χ0) is 14.3. The number of benzene rings is 1. The molecule has 0 bridgehead atoms. The van der Waals surface area contributed by atoms with Gasteiger partial charge in [-0.1, -0.05) is 12.1 Å². The number of carbonyl (C=O) groups is 1.